The van der Waals surface area contributed by atoms with E-state index < -0.39 is 6.16 Å². The van der Waals surface area contributed by atoms with Gasteiger partial charge in [0.05, 0.1) is 7.11 Å². The summed E-state index contributed by atoms with van der Waals surface area (Å²) < 4.78 is 9.12. The van der Waals surface area contributed by atoms with Gasteiger partial charge in [-0.3, -0.25) is 0 Å². The van der Waals surface area contributed by atoms with Crippen molar-refractivity contribution in [2.45, 2.75) is 19.3 Å². The van der Waals surface area contributed by atoms with Gasteiger partial charge >= 0.3 is 6.16 Å². The SMILES string of the molecule is COC(=O)OC/C=C/CCCc1c[nH]c2ccccc12. The van der Waals surface area contributed by atoms with Gasteiger partial charge in [0.15, 0.2) is 0 Å². The fourth-order valence-electron chi connectivity index (χ4n) is 2.11. The van der Waals surface area contributed by atoms with Crippen molar-refractivity contribution in [1.29, 1.82) is 0 Å². The van der Waals surface area contributed by atoms with Crippen LogP contribution in [0.4, 0.5) is 4.79 Å². The van der Waals surface area contributed by atoms with Crippen LogP contribution in [0.25, 0.3) is 10.9 Å². The molecule has 0 spiro atoms. The van der Waals surface area contributed by atoms with Crippen LogP contribution in [0.3, 0.4) is 0 Å². The molecule has 0 saturated carbocycles. The number of benzene rings is 1. The van der Waals surface area contributed by atoms with E-state index in [-0.39, 0.29) is 6.61 Å². The summed E-state index contributed by atoms with van der Waals surface area (Å²) in [4.78, 5) is 14.0. The van der Waals surface area contributed by atoms with Crippen LogP contribution in [0.15, 0.2) is 42.6 Å². The number of nitrogens with one attached hydrogen (secondary N) is 1. The summed E-state index contributed by atoms with van der Waals surface area (Å²) in [6, 6.07) is 8.32. The van der Waals surface area contributed by atoms with E-state index in [1.807, 2.05) is 18.2 Å². The third-order valence-electron chi connectivity index (χ3n) is 3.12. The number of aryl methyl sites for hydroxylation is 1. The molecule has 0 amide bonds. The van der Waals surface area contributed by atoms with Crippen LogP contribution in [-0.4, -0.2) is 24.9 Å². The summed E-state index contributed by atoms with van der Waals surface area (Å²) in [6.45, 7) is 0.264. The summed E-state index contributed by atoms with van der Waals surface area (Å²) in [5.74, 6) is 0. The van der Waals surface area contributed by atoms with Crippen molar-refractivity contribution in [3.8, 4) is 0 Å². The van der Waals surface area contributed by atoms with Gasteiger partial charge in [-0.25, -0.2) is 4.79 Å². The molecule has 106 valence electrons. The number of hydrogen-bond donors (Lipinski definition) is 1. The molecule has 1 aromatic heterocycles. The zero-order valence-corrected chi connectivity index (χ0v) is 11.6. The van der Waals surface area contributed by atoms with Crippen LogP contribution in [0, 0.1) is 0 Å². The summed E-state index contributed by atoms with van der Waals surface area (Å²) in [5, 5.41) is 1.30. The van der Waals surface area contributed by atoms with Crippen LogP contribution < -0.4 is 0 Å². The molecule has 4 nitrogen and oxygen atoms in total. The Balaban J connectivity index is 1.71. The van der Waals surface area contributed by atoms with E-state index in [0.717, 1.165) is 19.3 Å². The fourth-order valence-corrected chi connectivity index (χ4v) is 2.11. The quantitative estimate of drug-likeness (QED) is 0.494. The molecule has 0 aliphatic heterocycles. The van der Waals surface area contributed by atoms with Crippen molar-refractivity contribution in [2.24, 2.45) is 0 Å². The Kier molecular flexibility index (Phi) is 5.24. The molecule has 2 aromatic rings. The number of rotatable bonds is 6. The number of hydrogen-bond acceptors (Lipinski definition) is 3. The molecular weight excluding hydrogens is 254 g/mol. The number of H-pyrrole nitrogens is 1. The van der Waals surface area contributed by atoms with Gasteiger partial charge in [0.25, 0.3) is 0 Å². The lowest BCUT2D eigenvalue weighted by atomic mass is 10.1. The highest BCUT2D eigenvalue weighted by molar-refractivity contribution is 5.82. The highest BCUT2D eigenvalue weighted by Crippen LogP contribution is 2.19. The van der Waals surface area contributed by atoms with Crippen LogP contribution in [0.2, 0.25) is 0 Å². The maximum atomic E-state index is 10.7. The number of methoxy groups -OCH3 is 1. The minimum Gasteiger partial charge on any atom is -0.438 e. The van der Waals surface area contributed by atoms with E-state index in [0.29, 0.717) is 0 Å². The van der Waals surface area contributed by atoms with Crippen LogP contribution in [0.5, 0.6) is 0 Å². The minimum absolute atomic E-state index is 0.264. The lowest BCUT2D eigenvalue weighted by Gasteiger charge is -1.99. The standard InChI is InChI=1S/C16H19NO3/c1-19-16(18)20-11-7-3-2-4-8-13-12-17-15-10-6-5-9-14(13)15/h3,5-7,9-10,12,17H,2,4,8,11H2,1H3/b7-3+. The molecule has 1 N–H and O–H groups in total. The topological polar surface area (TPSA) is 51.3 Å². The van der Waals surface area contributed by atoms with Crippen molar-refractivity contribution in [2.75, 3.05) is 13.7 Å². The predicted octanol–water partition coefficient (Wildman–Crippen LogP) is 3.83. The van der Waals surface area contributed by atoms with Gasteiger partial charge < -0.3 is 14.5 Å². The van der Waals surface area contributed by atoms with E-state index in [1.54, 1.807) is 0 Å². The Morgan fingerprint density at radius 3 is 3.00 bits per heavy atom. The molecule has 20 heavy (non-hydrogen) atoms. The highest BCUT2D eigenvalue weighted by atomic mass is 16.7. The normalized spacial score (nSPS) is 11.1. The third-order valence-corrected chi connectivity index (χ3v) is 3.12. The van der Waals surface area contributed by atoms with Crippen LogP contribution >= 0.6 is 0 Å². The van der Waals surface area contributed by atoms with Gasteiger partial charge in [-0.1, -0.05) is 30.4 Å². The molecule has 1 heterocycles. The predicted molar refractivity (Wildman–Crippen MR) is 78.7 cm³/mol. The van der Waals surface area contributed by atoms with Crippen molar-refractivity contribution in [3.05, 3.63) is 48.2 Å². The number of para-hydroxylation sites is 1. The minimum atomic E-state index is -0.645. The first-order valence-corrected chi connectivity index (χ1v) is 6.72. The Morgan fingerprint density at radius 2 is 2.15 bits per heavy atom. The number of aromatic nitrogens is 1. The average Bonchev–Trinajstić information content (AvgIpc) is 2.89. The summed E-state index contributed by atoms with van der Waals surface area (Å²) in [5.41, 5.74) is 2.53. The van der Waals surface area contributed by atoms with E-state index in [9.17, 15) is 4.79 Å². The number of allylic oxidation sites excluding steroid dienone is 1. The smallest absolute Gasteiger partial charge is 0.438 e. The van der Waals surface area contributed by atoms with Crippen molar-refractivity contribution < 1.29 is 14.3 Å². The van der Waals surface area contributed by atoms with E-state index >= 15 is 0 Å². The first-order valence-electron chi connectivity index (χ1n) is 6.72. The van der Waals surface area contributed by atoms with Crippen LogP contribution in [0.1, 0.15) is 18.4 Å². The maximum absolute atomic E-state index is 10.7. The van der Waals surface area contributed by atoms with Gasteiger partial charge in [-0.15, -0.1) is 0 Å². The third kappa shape index (κ3) is 3.88. The van der Waals surface area contributed by atoms with E-state index in [2.05, 4.69) is 34.1 Å². The van der Waals surface area contributed by atoms with Gasteiger partial charge in [0.2, 0.25) is 0 Å². The molecule has 4 heteroatoms. The largest absolute Gasteiger partial charge is 0.508 e. The van der Waals surface area contributed by atoms with E-state index in [4.69, 9.17) is 4.74 Å². The lowest BCUT2D eigenvalue weighted by molar-refractivity contribution is 0.0817. The van der Waals surface area contributed by atoms with Crippen molar-refractivity contribution in [1.82, 2.24) is 4.98 Å². The molecule has 2 rings (SSSR count). The van der Waals surface area contributed by atoms with Crippen LogP contribution in [-0.2, 0) is 15.9 Å². The molecular formula is C16H19NO3. The monoisotopic (exact) mass is 273 g/mol. The summed E-state index contributed by atoms with van der Waals surface area (Å²) in [7, 11) is 1.30. The maximum Gasteiger partial charge on any atom is 0.508 e. The number of fused-ring (bicyclic) bond motifs is 1. The number of carbonyl (C=O) groups excluding carboxylic acids is 1. The fraction of sp³-hybridized carbons (Fsp3) is 0.312. The second-order valence-electron chi connectivity index (χ2n) is 4.49. The molecule has 0 radical (unpaired) electrons. The second kappa shape index (κ2) is 7.38. The first kappa shape index (κ1) is 14.2. The average molecular weight is 273 g/mol. The molecule has 1 aromatic carbocycles. The van der Waals surface area contributed by atoms with Gasteiger partial charge in [-0.2, -0.15) is 0 Å². The number of ether oxygens (including phenoxy) is 2. The number of unbranched alkanes of at least 4 members (excludes halogenated alkanes) is 1. The molecule has 0 bridgehead atoms. The highest BCUT2D eigenvalue weighted by Gasteiger charge is 2.01. The number of carbonyl (C=O) groups is 1. The van der Waals surface area contributed by atoms with E-state index in [1.165, 1.54) is 23.6 Å². The zero-order chi connectivity index (χ0) is 14.2. The molecule has 0 saturated heterocycles. The van der Waals surface area contributed by atoms with Gasteiger partial charge in [0, 0.05) is 17.1 Å². The molecule has 0 aliphatic carbocycles. The Bertz CT molecular complexity index is 586. The zero-order valence-electron chi connectivity index (χ0n) is 11.6. The van der Waals surface area contributed by atoms with Gasteiger partial charge in [-0.05, 0) is 30.9 Å². The summed E-state index contributed by atoms with van der Waals surface area (Å²) >= 11 is 0. The second-order valence-corrected chi connectivity index (χ2v) is 4.49. The first-order chi connectivity index (χ1) is 9.81. The molecule has 0 aliphatic rings. The molecule has 0 atom stereocenters. The molecule has 0 unspecified atom stereocenters. The van der Waals surface area contributed by atoms with Gasteiger partial charge in [0.1, 0.15) is 6.61 Å². The Hall–Kier alpha value is -2.23. The summed E-state index contributed by atoms with van der Waals surface area (Å²) in [6.07, 6.45) is 8.36. The van der Waals surface area contributed by atoms with Crippen molar-refractivity contribution >= 4 is 17.1 Å². The number of aromatic amines is 1. The lowest BCUT2D eigenvalue weighted by Crippen LogP contribution is -2.03. The molecule has 0 fully saturated rings. The van der Waals surface area contributed by atoms with Crippen molar-refractivity contribution in [3.63, 3.8) is 0 Å². The Labute approximate surface area is 118 Å². The Morgan fingerprint density at radius 1 is 1.30 bits per heavy atom.